The fourth-order valence-electron chi connectivity index (χ4n) is 2.61. The Morgan fingerprint density at radius 2 is 1.75 bits per heavy atom. The minimum atomic E-state index is -3.59. The lowest BCUT2D eigenvalue weighted by Gasteiger charge is -2.18. The van der Waals surface area contributed by atoms with Crippen molar-refractivity contribution in [3.05, 3.63) is 70.6 Å². The number of hydrogen-bond acceptors (Lipinski definition) is 5. The molecule has 0 atom stereocenters. The van der Waals surface area contributed by atoms with E-state index < -0.39 is 10.0 Å². The predicted molar refractivity (Wildman–Crippen MR) is 109 cm³/mol. The van der Waals surface area contributed by atoms with E-state index in [0.29, 0.717) is 16.4 Å². The molecular formula is C20H22ClN3O3S. The summed E-state index contributed by atoms with van der Waals surface area (Å²) in [5.74, 6) is 0.389. The molecule has 3 rings (SSSR count). The molecule has 0 saturated carbocycles. The van der Waals surface area contributed by atoms with Crippen LogP contribution in [0.25, 0.3) is 11.4 Å². The zero-order valence-corrected chi connectivity index (χ0v) is 17.5. The van der Waals surface area contributed by atoms with Crippen molar-refractivity contribution in [1.29, 1.82) is 0 Å². The smallest absolute Gasteiger partial charge is 0.242 e. The van der Waals surface area contributed by atoms with Gasteiger partial charge in [-0.25, -0.2) is 13.1 Å². The van der Waals surface area contributed by atoms with Gasteiger partial charge in [0.25, 0.3) is 0 Å². The lowest BCUT2D eigenvalue weighted by atomic mass is 9.87. The number of hydrogen-bond donors (Lipinski definition) is 1. The number of nitrogens with one attached hydrogen (secondary N) is 1. The van der Waals surface area contributed by atoms with Crippen LogP contribution in [0.2, 0.25) is 5.02 Å². The molecule has 0 aliphatic carbocycles. The number of benzene rings is 2. The Morgan fingerprint density at radius 3 is 2.39 bits per heavy atom. The topological polar surface area (TPSA) is 85.1 Å². The third kappa shape index (κ3) is 5.19. The van der Waals surface area contributed by atoms with Crippen molar-refractivity contribution in [3.8, 4) is 11.4 Å². The molecule has 0 bridgehead atoms. The second-order valence-electron chi connectivity index (χ2n) is 7.51. The maximum absolute atomic E-state index is 12.3. The Kier molecular flexibility index (Phi) is 5.88. The Morgan fingerprint density at radius 1 is 1.07 bits per heavy atom. The Labute approximate surface area is 170 Å². The molecule has 0 unspecified atom stereocenters. The third-order valence-electron chi connectivity index (χ3n) is 4.22. The molecule has 0 aliphatic rings. The van der Waals surface area contributed by atoms with Gasteiger partial charge < -0.3 is 4.52 Å². The van der Waals surface area contributed by atoms with Gasteiger partial charge in [0.2, 0.25) is 21.7 Å². The minimum absolute atomic E-state index is 0.0564. The molecule has 148 valence electrons. The molecule has 2 aromatic carbocycles. The van der Waals surface area contributed by atoms with Crippen LogP contribution in [0.1, 0.15) is 37.8 Å². The number of sulfonamides is 1. The molecule has 1 heterocycles. The lowest BCUT2D eigenvalue weighted by Crippen LogP contribution is -2.25. The normalized spacial score (nSPS) is 12.3. The van der Waals surface area contributed by atoms with Crippen molar-refractivity contribution in [2.75, 3.05) is 0 Å². The molecule has 0 fully saturated rings. The minimum Gasteiger partial charge on any atom is -0.338 e. The van der Waals surface area contributed by atoms with Crippen LogP contribution in [-0.4, -0.2) is 18.6 Å². The first-order valence-corrected chi connectivity index (χ1v) is 10.8. The van der Waals surface area contributed by atoms with Crippen molar-refractivity contribution in [2.24, 2.45) is 0 Å². The molecule has 0 spiro atoms. The van der Waals surface area contributed by atoms with Crippen molar-refractivity contribution < 1.29 is 12.9 Å². The molecule has 0 saturated heterocycles. The van der Waals surface area contributed by atoms with Crippen LogP contribution < -0.4 is 4.72 Å². The van der Waals surface area contributed by atoms with Crippen molar-refractivity contribution in [1.82, 2.24) is 14.9 Å². The average Bonchev–Trinajstić information content (AvgIpc) is 3.11. The maximum Gasteiger partial charge on any atom is 0.242 e. The molecule has 0 aliphatic heterocycles. The summed E-state index contributed by atoms with van der Waals surface area (Å²) in [6, 6.07) is 14.7. The van der Waals surface area contributed by atoms with Crippen LogP contribution in [0.3, 0.4) is 0 Å². The van der Waals surface area contributed by atoms with Crippen molar-refractivity contribution in [3.63, 3.8) is 0 Å². The van der Waals surface area contributed by atoms with Crippen molar-refractivity contribution in [2.45, 2.75) is 38.5 Å². The zero-order chi connectivity index (χ0) is 20.4. The van der Waals surface area contributed by atoms with E-state index in [2.05, 4.69) is 35.6 Å². The fraction of sp³-hybridized carbons (Fsp3) is 0.300. The Bertz CT molecular complexity index is 1050. The quantitative estimate of drug-likeness (QED) is 0.643. The SMILES string of the molecule is CC(C)(C)c1ccc(-c2noc(CNS(=O)(=O)Cc3ccccc3Cl)n2)cc1. The molecular weight excluding hydrogens is 398 g/mol. The summed E-state index contributed by atoms with van der Waals surface area (Å²) in [4.78, 5) is 4.27. The molecule has 28 heavy (non-hydrogen) atoms. The molecule has 0 amide bonds. The number of nitrogens with zero attached hydrogens (tertiary/aromatic N) is 2. The summed E-state index contributed by atoms with van der Waals surface area (Å²) in [6.45, 7) is 6.34. The molecule has 6 nitrogen and oxygen atoms in total. The summed E-state index contributed by atoms with van der Waals surface area (Å²) in [5.41, 5.74) is 2.59. The summed E-state index contributed by atoms with van der Waals surface area (Å²) >= 11 is 6.02. The zero-order valence-electron chi connectivity index (χ0n) is 15.9. The van der Waals surface area contributed by atoms with Gasteiger partial charge in [0.05, 0.1) is 12.3 Å². The number of aromatic nitrogens is 2. The molecule has 1 N–H and O–H groups in total. The van der Waals surface area contributed by atoms with Crippen LogP contribution in [0.5, 0.6) is 0 Å². The summed E-state index contributed by atoms with van der Waals surface area (Å²) in [5, 5.41) is 4.34. The monoisotopic (exact) mass is 419 g/mol. The van der Waals surface area contributed by atoms with E-state index in [1.165, 1.54) is 5.56 Å². The van der Waals surface area contributed by atoms with Crippen molar-refractivity contribution >= 4 is 21.6 Å². The molecule has 8 heteroatoms. The van der Waals surface area contributed by atoms with Gasteiger partial charge in [0.1, 0.15) is 0 Å². The van der Waals surface area contributed by atoms with Gasteiger partial charge in [-0.05, 0) is 22.6 Å². The number of halogens is 1. The summed E-state index contributed by atoms with van der Waals surface area (Å²) < 4.78 is 32.2. The van der Waals surface area contributed by atoms with Crippen LogP contribution >= 0.6 is 11.6 Å². The van der Waals surface area contributed by atoms with Gasteiger partial charge in [0.15, 0.2) is 0 Å². The van der Waals surface area contributed by atoms with Crippen LogP contribution in [-0.2, 0) is 27.7 Å². The van der Waals surface area contributed by atoms with E-state index in [0.717, 1.165) is 5.56 Å². The van der Waals surface area contributed by atoms with Crippen LogP contribution in [0.15, 0.2) is 53.1 Å². The summed E-state index contributed by atoms with van der Waals surface area (Å²) in [7, 11) is -3.59. The van der Waals surface area contributed by atoms with E-state index in [4.69, 9.17) is 16.1 Å². The molecule has 1 aromatic heterocycles. The van der Waals surface area contributed by atoms with Gasteiger partial charge >= 0.3 is 0 Å². The lowest BCUT2D eigenvalue weighted by molar-refractivity contribution is 0.376. The fourth-order valence-corrected chi connectivity index (χ4v) is 3.99. The second kappa shape index (κ2) is 8.03. The molecule has 0 radical (unpaired) electrons. The predicted octanol–water partition coefficient (Wildman–Crippen LogP) is 4.31. The average molecular weight is 420 g/mol. The first kappa shape index (κ1) is 20.5. The van der Waals surface area contributed by atoms with Crippen LogP contribution in [0, 0.1) is 0 Å². The van der Waals surface area contributed by atoms with Gasteiger partial charge in [0, 0.05) is 10.6 Å². The first-order chi connectivity index (χ1) is 13.1. The highest BCUT2D eigenvalue weighted by Gasteiger charge is 2.17. The Balaban J connectivity index is 1.65. The van der Waals surface area contributed by atoms with Crippen LogP contribution in [0.4, 0.5) is 0 Å². The van der Waals surface area contributed by atoms with Gasteiger partial charge in [-0.2, -0.15) is 4.98 Å². The summed E-state index contributed by atoms with van der Waals surface area (Å²) in [6.07, 6.45) is 0. The van der Waals surface area contributed by atoms with Gasteiger partial charge in [-0.15, -0.1) is 0 Å². The third-order valence-corrected chi connectivity index (χ3v) is 5.87. The van der Waals surface area contributed by atoms with E-state index in [-0.39, 0.29) is 23.6 Å². The van der Waals surface area contributed by atoms with Gasteiger partial charge in [-0.1, -0.05) is 80.0 Å². The van der Waals surface area contributed by atoms with E-state index in [1.807, 2.05) is 24.3 Å². The first-order valence-electron chi connectivity index (χ1n) is 8.78. The highest BCUT2D eigenvalue weighted by Crippen LogP contribution is 2.25. The number of rotatable bonds is 6. The highest BCUT2D eigenvalue weighted by molar-refractivity contribution is 7.88. The van der Waals surface area contributed by atoms with Gasteiger partial charge in [-0.3, -0.25) is 0 Å². The standard InChI is InChI=1S/C20H22ClN3O3S/c1-20(2,3)16-10-8-14(9-11-16)19-23-18(27-24-19)12-22-28(25,26)13-15-6-4-5-7-17(15)21/h4-11,22H,12-13H2,1-3H3. The largest absolute Gasteiger partial charge is 0.338 e. The highest BCUT2D eigenvalue weighted by atomic mass is 35.5. The van der Waals surface area contributed by atoms with E-state index >= 15 is 0 Å². The Hall–Kier alpha value is -2.22. The van der Waals surface area contributed by atoms with E-state index in [9.17, 15) is 8.42 Å². The maximum atomic E-state index is 12.3. The van der Waals surface area contributed by atoms with E-state index in [1.54, 1.807) is 24.3 Å². The molecule has 3 aromatic rings. The second-order valence-corrected chi connectivity index (χ2v) is 9.72.